The summed E-state index contributed by atoms with van der Waals surface area (Å²) in [5.74, 6) is 0.687. The molecule has 2 aliphatic heterocycles. The molecule has 0 radical (unpaired) electrons. The molecule has 3 unspecified atom stereocenters. The quantitative estimate of drug-likeness (QED) is 0.760. The highest BCUT2D eigenvalue weighted by Crippen LogP contribution is 2.20. The predicted molar refractivity (Wildman–Crippen MR) is 77.5 cm³/mol. The fourth-order valence-corrected chi connectivity index (χ4v) is 3.14. The number of nitrogens with one attached hydrogen (secondary N) is 1. The Bertz CT molecular complexity index is 244. The first kappa shape index (κ1) is 15.2. The summed E-state index contributed by atoms with van der Waals surface area (Å²) < 4.78 is 11.2. The molecule has 2 saturated heterocycles. The summed E-state index contributed by atoms with van der Waals surface area (Å²) in [7, 11) is 0. The van der Waals surface area contributed by atoms with Gasteiger partial charge in [0.1, 0.15) is 0 Å². The molecular formula is C15H30N2O2. The van der Waals surface area contributed by atoms with Crippen LogP contribution in [0, 0.1) is 5.92 Å². The van der Waals surface area contributed by atoms with Gasteiger partial charge < -0.3 is 14.8 Å². The Kier molecular flexibility index (Phi) is 6.57. The maximum absolute atomic E-state index is 5.60. The van der Waals surface area contributed by atoms with Gasteiger partial charge in [-0.2, -0.15) is 0 Å². The summed E-state index contributed by atoms with van der Waals surface area (Å²) in [6, 6.07) is 1.18. The average molecular weight is 270 g/mol. The zero-order valence-corrected chi connectivity index (χ0v) is 12.6. The summed E-state index contributed by atoms with van der Waals surface area (Å²) in [6.45, 7) is 11.5. The topological polar surface area (TPSA) is 33.7 Å². The Balaban J connectivity index is 1.89. The summed E-state index contributed by atoms with van der Waals surface area (Å²) in [6.07, 6.45) is 3.59. The number of rotatable bonds is 7. The first-order valence-electron chi connectivity index (χ1n) is 7.98. The van der Waals surface area contributed by atoms with Crippen LogP contribution in [0.4, 0.5) is 0 Å². The van der Waals surface area contributed by atoms with Crippen LogP contribution in [0.3, 0.4) is 0 Å². The fourth-order valence-electron chi connectivity index (χ4n) is 3.14. The molecule has 2 aliphatic rings. The van der Waals surface area contributed by atoms with Crippen LogP contribution in [-0.2, 0) is 9.47 Å². The minimum absolute atomic E-state index is 0.578. The van der Waals surface area contributed by atoms with E-state index in [4.69, 9.17) is 9.47 Å². The van der Waals surface area contributed by atoms with Crippen molar-refractivity contribution in [2.75, 3.05) is 46.1 Å². The largest absolute Gasteiger partial charge is 0.381 e. The van der Waals surface area contributed by atoms with Gasteiger partial charge in [-0.1, -0.05) is 13.8 Å². The van der Waals surface area contributed by atoms with Crippen molar-refractivity contribution < 1.29 is 9.47 Å². The molecule has 1 N–H and O–H groups in total. The zero-order valence-electron chi connectivity index (χ0n) is 12.6. The van der Waals surface area contributed by atoms with Crippen molar-refractivity contribution in [2.24, 2.45) is 5.92 Å². The van der Waals surface area contributed by atoms with E-state index >= 15 is 0 Å². The lowest BCUT2D eigenvalue weighted by Crippen LogP contribution is -2.53. The summed E-state index contributed by atoms with van der Waals surface area (Å²) in [5, 5.41) is 3.74. The zero-order chi connectivity index (χ0) is 13.5. The lowest BCUT2D eigenvalue weighted by atomic mass is 9.97. The summed E-state index contributed by atoms with van der Waals surface area (Å²) in [5.41, 5.74) is 0. The van der Waals surface area contributed by atoms with Crippen LogP contribution in [-0.4, -0.2) is 63.0 Å². The molecule has 0 aromatic heterocycles. The molecular weight excluding hydrogens is 240 g/mol. The molecule has 4 heteroatoms. The molecule has 19 heavy (non-hydrogen) atoms. The Labute approximate surface area is 117 Å². The third-order valence-corrected chi connectivity index (χ3v) is 4.44. The minimum atomic E-state index is 0.578. The average Bonchev–Trinajstić information content (AvgIpc) is 2.98. The second-order valence-corrected chi connectivity index (χ2v) is 5.82. The van der Waals surface area contributed by atoms with E-state index < -0.39 is 0 Å². The fraction of sp³-hybridized carbons (Fsp3) is 1.00. The van der Waals surface area contributed by atoms with E-state index in [1.54, 1.807) is 0 Å². The molecule has 0 spiro atoms. The molecule has 2 fully saturated rings. The van der Waals surface area contributed by atoms with Gasteiger partial charge in [-0.05, 0) is 25.8 Å². The van der Waals surface area contributed by atoms with Gasteiger partial charge in [0.25, 0.3) is 0 Å². The lowest BCUT2D eigenvalue weighted by molar-refractivity contribution is -0.0157. The molecule has 0 bridgehead atoms. The van der Waals surface area contributed by atoms with Crippen molar-refractivity contribution in [3.63, 3.8) is 0 Å². The van der Waals surface area contributed by atoms with Crippen molar-refractivity contribution in [2.45, 2.75) is 45.2 Å². The number of morpholine rings is 1. The number of ether oxygens (including phenoxy) is 2. The molecule has 3 atom stereocenters. The maximum atomic E-state index is 5.60. The molecule has 0 amide bonds. The Morgan fingerprint density at radius 3 is 2.74 bits per heavy atom. The molecule has 2 heterocycles. The summed E-state index contributed by atoms with van der Waals surface area (Å²) >= 11 is 0. The van der Waals surface area contributed by atoms with Gasteiger partial charge in [0.15, 0.2) is 0 Å². The van der Waals surface area contributed by atoms with Gasteiger partial charge in [-0.3, -0.25) is 4.90 Å². The van der Waals surface area contributed by atoms with E-state index in [2.05, 4.69) is 24.1 Å². The van der Waals surface area contributed by atoms with Crippen LogP contribution in [0.5, 0.6) is 0 Å². The highest BCUT2D eigenvalue weighted by molar-refractivity contribution is 4.85. The first-order chi connectivity index (χ1) is 9.35. The van der Waals surface area contributed by atoms with E-state index in [9.17, 15) is 0 Å². The van der Waals surface area contributed by atoms with Gasteiger partial charge in [0.2, 0.25) is 0 Å². The Morgan fingerprint density at radius 2 is 2.05 bits per heavy atom. The van der Waals surface area contributed by atoms with Gasteiger partial charge >= 0.3 is 0 Å². The summed E-state index contributed by atoms with van der Waals surface area (Å²) in [4.78, 5) is 2.62. The molecule has 0 aromatic carbocycles. The lowest BCUT2D eigenvalue weighted by Gasteiger charge is -2.38. The van der Waals surface area contributed by atoms with Crippen LogP contribution in [0.25, 0.3) is 0 Å². The van der Waals surface area contributed by atoms with Gasteiger partial charge in [0, 0.05) is 37.7 Å². The predicted octanol–water partition coefficient (Wildman–Crippen LogP) is 1.50. The van der Waals surface area contributed by atoms with Crippen molar-refractivity contribution in [1.82, 2.24) is 10.2 Å². The van der Waals surface area contributed by atoms with E-state index in [-0.39, 0.29) is 0 Å². The molecule has 2 rings (SSSR count). The van der Waals surface area contributed by atoms with E-state index in [0.717, 1.165) is 46.1 Å². The highest BCUT2D eigenvalue weighted by atomic mass is 16.5. The monoisotopic (exact) mass is 270 g/mol. The van der Waals surface area contributed by atoms with Crippen molar-refractivity contribution in [1.29, 1.82) is 0 Å². The van der Waals surface area contributed by atoms with Crippen LogP contribution in [0.1, 0.15) is 33.1 Å². The van der Waals surface area contributed by atoms with Gasteiger partial charge in [-0.15, -0.1) is 0 Å². The first-order valence-corrected chi connectivity index (χ1v) is 7.98. The highest BCUT2D eigenvalue weighted by Gasteiger charge is 2.30. The smallest absolute Gasteiger partial charge is 0.0622 e. The minimum Gasteiger partial charge on any atom is -0.381 e. The second-order valence-electron chi connectivity index (χ2n) is 5.82. The Hall–Kier alpha value is -0.160. The molecule has 0 aromatic rings. The third kappa shape index (κ3) is 4.42. The number of hydrogen-bond acceptors (Lipinski definition) is 4. The van der Waals surface area contributed by atoms with E-state index in [1.807, 2.05) is 0 Å². The maximum Gasteiger partial charge on any atom is 0.0622 e. The van der Waals surface area contributed by atoms with Crippen LogP contribution >= 0.6 is 0 Å². The van der Waals surface area contributed by atoms with Crippen LogP contribution < -0.4 is 5.32 Å². The molecule has 0 aliphatic carbocycles. The second kappa shape index (κ2) is 8.20. The van der Waals surface area contributed by atoms with Gasteiger partial charge in [0.05, 0.1) is 19.8 Å². The molecule has 112 valence electrons. The molecule has 0 saturated carbocycles. The molecule has 4 nitrogen and oxygen atoms in total. The van der Waals surface area contributed by atoms with Crippen molar-refractivity contribution in [3.8, 4) is 0 Å². The number of hydrogen-bond donors (Lipinski definition) is 1. The van der Waals surface area contributed by atoms with E-state index in [0.29, 0.717) is 18.0 Å². The number of nitrogens with zero attached hydrogens (tertiary/aromatic N) is 1. The van der Waals surface area contributed by atoms with Crippen LogP contribution in [0.15, 0.2) is 0 Å². The third-order valence-electron chi connectivity index (χ3n) is 4.44. The standard InChI is InChI=1S/C15H30N2O2/c1-3-6-16-15(13-5-8-18-11-13)10-17-7-9-19-12-14(17)4-2/h13-16H,3-12H2,1-2H3. The normalized spacial score (nSPS) is 30.6. The van der Waals surface area contributed by atoms with Crippen molar-refractivity contribution >= 4 is 0 Å². The van der Waals surface area contributed by atoms with E-state index in [1.165, 1.54) is 19.3 Å². The van der Waals surface area contributed by atoms with Crippen molar-refractivity contribution in [3.05, 3.63) is 0 Å². The Morgan fingerprint density at radius 1 is 1.21 bits per heavy atom. The van der Waals surface area contributed by atoms with Gasteiger partial charge in [-0.25, -0.2) is 0 Å². The van der Waals surface area contributed by atoms with Crippen LogP contribution in [0.2, 0.25) is 0 Å². The SMILES string of the molecule is CCCNC(CN1CCOCC1CC)C1CCOC1.